The molecule has 19 heavy (non-hydrogen) atoms. The first kappa shape index (κ1) is 13.8. The zero-order valence-electron chi connectivity index (χ0n) is 11.4. The highest BCUT2D eigenvalue weighted by Crippen LogP contribution is 2.33. The third-order valence-corrected chi connectivity index (χ3v) is 3.35. The molecule has 0 spiro atoms. The summed E-state index contributed by atoms with van der Waals surface area (Å²) in [6, 6.07) is 6.17. The van der Waals surface area contributed by atoms with Crippen LogP contribution in [0.5, 0.6) is 11.5 Å². The van der Waals surface area contributed by atoms with E-state index in [-0.39, 0.29) is 6.61 Å². The first-order valence-corrected chi connectivity index (χ1v) is 6.89. The summed E-state index contributed by atoms with van der Waals surface area (Å²) in [6.07, 6.45) is 7.67. The van der Waals surface area contributed by atoms with Gasteiger partial charge in [-0.25, -0.2) is 0 Å². The maximum absolute atomic E-state index is 5.65. The summed E-state index contributed by atoms with van der Waals surface area (Å²) in [7, 11) is 0. The molecule has 1 heterocycles. The van der Waals surface area contributed by atoms with E-state index in [0.29, 0.717) is 12.5 Å². The van der Waals surface area contributed by atoms with E-state index in [1.165, 1.54) is 18.4 Å². The molecule has 0 aliphatic carbocycles. The van der Waals surface area contributed by atoms with Gasteiger partial charge in [0.1, 0.15) is 6.61 Å². The molecule has 3 nitrogen and oxygen atoms in total. The van der Waals surface area contributed by atoms with E-state index in [9.17, 15) is 0 Å². The van der Waals surface area contributed by atoms with Gasteiger partial charge in [-0.15, -0.1) is 6.42 Å². The number of terminal acetylenes is 1. The van der Waals surface area contributed by atoms with Gasteiger partial charge in [-0.2, -0.15) is 0 Å². The molecular formula is C16H21NO2. The molecule has 3 heteroatoms. The summed E-state index contributed by atoms with van der Waals surface area (Å²) >= 11 is 0. The minimum Gasteiger partial charge on any atom is -0.490 e. The Bertz CT molecular complexity index is 445. The predicted molar refractivity (Wildman–Crippen MR) is 76.8 cm³/mol. The van der Waals surface area contributed by atoms with Crippen molar-refractivity contribution < 1.29 is 9.47 Å². The molecule has 1 saturated heterocycles. The maximum atomic E-state index is 5.65. The number of hydrogen-bond donors (Lipinski definition) is 1. The summed E-state index contributed by atoms with van der Waals surface area (Å²) < 4.78 is 11.2. The van der Waals surface area contributed by atoms with Gasteiger partial charge in [0.15, 0.2) is 11.5 Å². The monoisotopic (exact) mass is 259 g/mol. The zero-order valence-corrected chi connectivity index (χ0v) is 11.4. The van der Waals surface area contributed by atoms with E-state index in [2.05, 4.69) is 23.4 Å². The molecule has 1 aliphatic heterocycles. The predicted octanol–water partition coefficient (Wildman–Crippen LogP) is 2.56. The molecule has 1 N–H and O–H groups in total. The lowest BCUT2D eigenvalue weighted by Crippen LogP contribution is -2.28. The molecule has 102 valence electrons. The Labute approximate surface area is 115 Å². The fourth-order valence-corrected chi connectivity index (χ4v) is 2.42. The summed E-state index contributed by atoms with van der Waals surface area (Å²) in [5.74, 6) is 4.56. The summed E-state index contributed by atoms with van der Waals surface area (Å²) in [4.78, 5) is 0. The van der Waals surface area contributed by atoms with Crippen LogP contribution in [0.2, 0.25) is 0 Å². The largest absolute Gasteiger partial charge is 0.490 e. The van der Waals surface area contributed by atoms with Crippen LogP contribution in [0.4, 0.5) is 0 Å². The van der Waals surface area contributed by atoms with E-state index in [1.54, 1.807) is 0 Å². The Balaban J connectivity index is 2.17. The lowest BCUT2D eigenvalue weighted by Gasteiger charge is -2.24. The van der Waals surface area contributed by atoms with Crippen molar-refractivity contribution in [1.82, 2.24) is 5.32 Å². The number of rotatable bonds is 5. The van der Waals surface area contributed by atoms with Crippen LogP contribution >= 0.6 is 0 Å². The number of piperidine rings is 1. The topological polar surface area (TPSA) is 30.5 Å². The second-order valence-corrected chi connectivity index (χ2v) is 4.68. The fourth-order valence-electron chi connectivity index (χ4n) is 2.42. The molecule has 1 aromatic carbocycles. The molecule has 1 fully saturated rings. The van der Waals surface area contributed by atoms with Crippen LogP contribution in [0.3, 0.4) is 0 Å². The fraction of sp³-hybridized carbons (Fsp3) is 0.500. The van der Waals surface area contributed by atoms with E-state index < -0.39 is 0 Å². The van der Waals surface area contributed by atoms with Crippen LogP contribution in [0.25, 0.3) is 0 Å². The Morgan fingerprint density at radius 3 is 2.95 bits per heavy atom. The van der Waals surface area contributed by atoms with E-state index in [0.717, 1.165) is 24.6 Å². The quantitative estimate of drug-likeness (QED) is 0.824. The van der Waals surface area contributed by atoms with E-state index in [4.69, 9.17) is 15.9 Å². The van der Waals surface area contributed by atoms with Crippen LogP contribution in [0, 0.1) is 12.3 Å². The van der Waals surface area contributed by atoms with Gasteiger partial charge in [-0.05, 0) is 49.9 Å². The highest BCUT2D eigenvalue weighted by Gasteiger charge is 2.17. The first-order chi connectivity index (χ1) is 9.35. The summed E-state index contributed by atoms with van der Waals surface area (Å²) in [6.45, 7) is 5.03. The molecule has 0 saturated carbocycles. The smallest absolute Gasteiger partial charge is 0.162 e. The van der Waals surface area contributed by atoms with E-state index >= 15 is 0 Å². The van der Waals surface area contributed by atoms with Gasteiger partial charge in [-0.1, -0.05) is 12.0 Å². The number of benzene rings is 1. The second kappa shape index (κ2) is 7.06. The minimum absolute atomic E-state index is 0.268. The second-order valence-electron chi connectivity index (χ2n) is 4.68. The van der Waals surface area contributed by atoms with Gasteiger partial charge in [0.2, 0.25) is 0 Å². The molecule has 1 aromatic rings. The van der Waals surface area contributed by atoms with Crippen LogP contribution in [0.1, 0.15) is 31.2 Å². The first-order valence-electron chi connectivity index (χ1n) is 6.89. The average Bonchev–Trinajstić information content (AvgIpc) is 2.47. The normalized spacial score (nSPS) is 18.6. The molecule has 0 radical (unpaired) electrons. The van der Waals surface area contributed by atoms with Gasteiger partial charge in [0.05, 0.1) is 6.61 Å². The van der Waals surface area contributed by atoms with Crippen molar-refractivity contribution in [2.24, 2.45) is 0 Å². The third-order valence-electron chi connectivity index (χ3n) is 3.35. The summed E-state index contributed by atoms with van der Waals surface area (Å²) in [5.41, 5.74) is 1.31. The molecule has 0 aromatic heterocycles. The highest BCUT2D eigenvalue weighted by atomic mass is 16.5. The number of nitrogens with one attached hydrogen (secondary N) is 1. The molecule has 2 rings (SSSR count). The van der Waals surface area contributed by atoms with Gasteiger partial charge in [-0.3, -0.25) is 0 Å². The van der Waals surface area contributed by atoms with Gasteiger partial charge < -0.3 is 14.8 Å². The SMILES string of the molecule is C#CCOc1ccc(C2CCCNC2)cc1OCC. The van der Waals surface area contributed by atoms with Crippen molar-refractivity contribution in [2.45, 2.75) is 25.7 Å². The lowest BCUT2D eigenvalue weighted by molar-refractivity contribution is 0.298. The van der Waals surface area contributed by atoms with Crippen LogP contribution < -0.4 is 14.8 Å². The molecule has 0 amide bonds. The van der Waals surface area contributed by atoms with Crippen molar-refractivity contribution in [3.8, 4) is 23.8 Å². The maximum Gasteiger partial charge on any atom is 0.162 e. The van der Waals surface area contributed by atoms with Crippen molar-refractivity contribution >= 4 is 0 Å². The van der Waals surface area contributed by atoms with Crippen LogP contribution in [-0.4, -0.2) is 26.3 Å². The van der Waals surface area contributed by atoms with Gasteiger partial charge in [0, 0.05) is 6.54 Å². The Morgan fingerprint density at radius 2 is 2.26 bits per heavy atom. The molecule has 1 atom stereocenters. The number of hydrogen-bond acceptors (Lipinski definition) is 3. The third kappa shape index (κ3) is 3.65. The van der Waals surface area contributed by atoms with Crippen molar-refractivity contribution in [3.05, 3.63) is 23.8 Å². The van der Waals surface area contributed by atoms with Gasteiger partial charge in [0.25, 0.3) is 0 Å². The van der Waals surface area contributed by atoms with Crippen molar-refractivity contribution in [3.63, 3.8) is 0 Å². The van der Waals surface area contributed by atoms with Crippen molar-refractivity contribution in [1.29, 1.82) is 0 Å². The Kier molecular flexibility index (Phi) is 5.11. The molecular weight excluding hydrogens is 238 g/mol. The Morgan fingerprint density at radius 1 is 1.37 bits per heavy atom. The van der Waals surface area contributed by atoms with E-state index in [1.807, 2.05) is 13.0 Å². The van der Waals surface area contributed by atoms with Crippen LogP contribution in [0.15, 0.2) is 18.2 Å². The number of ether oxygens (including phenoxy) is 2. The summed E-state index contributed by atoms with van der Waals surface area (Å²) in [5, 5.41) is 3.44. The molecule has 1 aliphatic rings. The average molecular weight is 259 g/mol. The van der Waals surface area contributed by atoms with Crippen molar-refractivity contribution in [2.75, 3.05) is 26.3 Å². The molecule has 0 bridgehead atoms. The Hall–Kier alpha value is -1.66. The standard InChI is InChI=1S/C16H21NO2/c1-3-10-19-15-8-7-13(11-16(15)18-4-2)14-6-5-9-17-12-14/h1,7-8,11,14,17H,4-6,9-10,12H2,2H3. The lowest BCUT2D eigenvalue weighted by atomic mass is 9.91. The molecule has 1 unspecified atom stereocenters. The zero-order chi connectivity index (χ0) is 13.5. The van der Waals surface area contributed by atoms with Crippen LogP contribution in [-0.2, 0) is 0 Å². The highest BCUT2D eigenvalue weighted by molar-refractivity contribution is 5.44. The minimum atomic E-state index is 0.268. The van der Waals surface area contributed by atoms with Gasteiger partial charge >= 0.3 is 0 Å².